The van der Waals surface area contributed by atoms with Crippen LogP contribution in [0.4, 0.5) is 5.69 Å². The summed E-state index contributed by atoms with van der Waals surface area (Å²) >= 11 is 0. The van der Waals surface area contributed by atoms with E-state index in [4.69, 9.17) is 4.84 Å². The number of nitro groups is 1. The molecule has 1 amide bonds. The molecule has 3 aromatic rings. The highest BCUT2D eigenvalue weighted by molar-refractivity contribution is 5.92. The number of hydrogen-bond acceptors (Lipinski definition) is 5. The fourth-order valence-electron chi connectivity index (χ4n) is 2.67. The molecule has 0 aliphatic carbocycles. The molecule has 0 N–H and O–H groups in total. The molecule has 0 aliphatic heterocycles. The van der Waals surface area contributed by atoms with Crippen LogP contribution in [0.2, 0.25) is 0 Å². The van der Waals surface area contributed by atoms with Crippen LogP contribution in [0, 0.1) is 10.1 Å². The van der Waals surface area contributed by atoms with E-state index in [1.54, 1.807) is 0 Å². The average Bonchev–Trinajstić information content (AvgIpc) is 2.68. The van der Waals surface area contributed by atoms with E-state index in [9.17, 15) is 19.7 Å². The minimum atomic E-state index is -0.765. The lowest BCUT2D eigenvalue weighted by atomic mass is 10.0. The van der Waals surface area contributed by atoms with Gasteiger partial charge in [0.2, 0.25) is 0 Å². The first kappa shape index (κ1) is 18.1. The van der Waals surface area contributed by atoms with E-state index >= 15 is 0 Å². The standard InChI is InChI=1S/C20H16N2O5/c1-21(27-20(24)15-9-11-17(12-10-15)22(25)26)19(23)13-16-7-4-6-14-5-2-3-8-18(14)16/h2-12H,13H2,1H3. The fraction of sp³-hybridized carbons (Fsp3) is 0.100. The Morgan fingerprint density at radius 3 is 2.37 bits per heavy atom. The van der Waals surface area contributed by atoms with E-state index in [1.165, 1.54) is 31.3 Å². The minimum Gasteiger partial charge on any atom is -0.333 e. The summed E-state index contributed by atoms with van der Waals surface area (Å²) in [6.07, 6.45) is 0.0748. The lowest BCUT2D eigenvalue weighted by Crippen LogP contribution is -2.31. The van der Waals surface area contributed by atoms with Crippen LogP contribution >= 0.6 is 0 Å². The Hall–Kier alpha value is -3.74. The zero-order valence-electron chi connectivity index (χ0n) is 14.5. The van der Waals surface area contributed by atoms with Gasteiger partial charge in [0.05, 0.1) is 16.9 Å². The Morgan fingerprint density at radius 2 is 1.67 bits per heavy atom. The van der Waals surface area contributed by atoms with Gasteiger partial charge in [0.1, 0.15) is 0 Å². The molecule has 0 bridgehead atoms. The van der Waals surface area contributed by atoms with Gasteiger partial charge in [-0.25, -0.2) is 4.79 Å². The first-order valence-corrected chi connectivity index (χ1v) is 8.15. The van der Waals surface area contributed by atoms with Gasteiger partial charge >= 0.3 is 5.97 Å². The summed E-state index contributed by atoms with van der Waals surface area (Å²) in [4.78, 5) is 39.7. The summed E-state index contributed by atoms with van der Waals surface area (Å²) in [7, 11) is 1.36. The Morgan fingerprint density at radius 1 is 1.00 bits per heavy atom. The number of nitro benzene ring substituents is 1. The molecule has 0 saturated heterocycles. The van der Waals surface area contributed by atoms with Crippen molar-refractivity contribution in [2.45, 2.75) is 6.42 Å². The number of hydroxylamine groups is 2. The third-order valence-corrected chi connectivity index (χ3v) is 4.11. The van der Waals surface area contributed by atoms with Crippen molar-refractivity contribution in [3.8, 4) is 0 Å². The molecule has 0 unspecified atom stereocenters. The molecule has 0 atom stereocenters. The van der Waals surface area contributed by atoms with Gasteiger partial charge in [-0.15, -0.1) is 0 Å². The highest BCUT2D eigenvalue weighted by atomic mass is 16.7. The number of rotatable bonds is 4. The van der Waals surface area contributed by atoms with Gasteiger partial charge in [-0.1, -0.05) is 42.5 Å². The van der Waals surface area contributed by atoms with Gasteiger partial charge in [0.25, 0.3) is 11.6 Å². The van der Waals surface area contributed by atoms with Crippen LogP contribution in [0.1, 0.15) is 15.9 Å². The van der Waals surface area contributed by atoms with Crippen molar-refractivity contribution in [2.75, 3.05) is 7.05 Å². The van der Waals surface area contributed by atoms with Crippen LogP contribution in [0.5, 0.6) is 0 Å². The van der Waals surface area contributed by atoms with E-state index in [0.29, 0.717) is 0 Å². The number of benzene rings is 3. The average molecular weight is 364 g/mol. The van der Waals surface area contributed by atoms with Crippen molar-refractivity contribution in [3.63, 3.8) is 0 Å². The zero-order chi connectivity index (χ0) is 19.4. The molecule has 3 aromatic carbocycles. The molecule has 0 aromatic heterocycles. The van der Waals surface area contributed by atoms with E-state index in [1.807, 2.05) is 42.5 Å². The number of non-ortho nitro benzene ring substituents is 1. The normalized spacial score (nSPS) is 10.4. The van der Waals surface area contributed by atoms with E-state index in [2.05, 4.69) is 0 Å². The van der Waals surface area contributed by atoms with Crippen LogP contribution < -0.4 is 0 Å². The highest BCUT2D eigenvalue weighted by Crippen LogP contribution is 2.19. The summed E-state index contributed by atoms with van der Waals surface area (Å²) in [5, 5.41) is 13.5. The van der Waals surface area contributed by atoms with E-state index in [0.717, 1.165) is 21.4 Å². The number of likely N-dealkylation sites (N-methyl/N-ethyl adjacent to an activating group) is 1. The van der Waals surface area contributed by atoms with Gasteiger partial charge in [-0.05, 0) is 28.5 Å². The molecular formula is C20H16N2O5. The molecule has 0 radical (unpaired) electrons. The fourth-order valence-corrected chi connectivity index (χ4v) is 2.67. The molecule has 0 heterocycles. The molecule has 0 spiro atoms. The van der Waals surface area contributed by atoms with Gasteiger partial charge in [-0.3, -0.25) is 14.9 Å². The number of amides is 1. The van der Waals surface area contributed by atoms with Gasteiger partial charge in [-0.2, -0.15) is 5.06 Å². The lowest BCUT2D eigenvalue weighted by Gasteiger charge is -2.16. The van der Waals surface area contributed by atoms with Gasteiger partial charge in [0.15, 0.2) is 0 Å². The Labute approximate surface area is 154 Å². The predicted octanol–water partition coefficient (Wildman–Crippen LogP) is 3.52. The van der Waals surface area contributed by atoms with Crippen molar-refractivity contribution >= 4 is 28.3 Å². The van der Waals surface area contributed by atoms with Crippen LogP contribution in [-0.2, 0) is 16.1 Å². The zero-order valence-corrected chi connectivity index (χ0v) is 14.5. The molecule has 7 heteroatoms. The smallest absolute Gasteiger partial charge is 0.333 e. The quantitative estimate of drug-likeness (QED) is 0.522. The predicted molar refractivity (Wildman–Crippen MR) is 98.9 cm³/mol. The summed E-state index contributed by atoms with van der Waals surface area (Å²) < 4.78 is 0. The number of carbonyl (C=O) groups excluding carboxylic acids is 2. The Bertz CT molecular complexity index is 1010. The minimum absolute atomic E-state index is 0.0748. The maximum absolute atomic E-state index is 12.4. The second-order valence-electron chi connectivity index (χ2n) is 5.89. The van der Waals surface area contributed by atoms with Crippen molar-refractivity contribution in [1.82, 2.24) is 5.06 Å². The number of carbonyl (C=O) groups is 2. The summed E-state index contributed by atoms with van der Waals surface area (Å²) in [6, 6.07) is 18.4. The summed E-state index contributed by atoms with van der Waals surface area (Å²) in [5.41, 5.74) is 0.814. The molecule has 136 valence electrons. The molecule has 27 heavy (non-hydrogen) atoms. The molecule has 0 aliphatic rings. The first-order valence-electron chi connectivity index (χ1n) is 8.15. The monoisotopic (exact) mass is 364 g/mol. The Kier molecular flexibility index (Phi) is 5.12. The maximum atomic E-state index is 12.4. The van der Waals surface area contributed by atoms with E-state index in [-0.39, 0.29) is 23.6 Å². The number of fused-ring (bicyclic) bond motifs is 1. The molecule has 0 saturated carbocycles. The highest BCUT2D eigenvalue weighted by Gasteiger charge is 2.18. The molecular weight excluding hydrogens is 348 g/mol. The Balaban J connectivity index is 1.68. The first-order chi connectivity index (χ1) is 13.0. The van der Waals surface area contributed by atoms with Crippen LogP contribution in [0.3, 0.4) is 0 Å². The molecule has 3 rings (SSSR count). The summed E-state index contributed by atoms with van der Waals surface area (Å²) in [6.45, 7) is 0. The van der Waals surface area contributed by atoms with Crippen molar-refractivity contribution in [3.05, 3.63) is 88.0 Å². The summed E-state index contributed by atoms with van der Waals surface area (Å²) in [5.74, 6) is -1.15. The second kappa shape index (κ2) is 7.65. The molecule has 7 nitrogen and oxygen atoms in total. The lowest BCUT2D eigenvalue weighted by molar-refractivity contribution is -0.384. The van der Waals surface area contributed by atoms with Crippen molar-refractivity contribution in [1.29, 1.82) is 0 Å². The van der Waals surface area contributed by atoms with Gasteiger partial charge in [0, 0.05) is 19.2 Å². The van der Waals surface area contributed by atoms with Crippen LogP contribution in [-0.4, -0.2) is 28.9 Å². The van der Waals surface area contributed by atoms with Crippen LogP contribution in [0.25, 0.3) is 10.8 Å². The van der Waals surface area contributed by atoms with Crippen molar-refractivity contribution < 1.29 is 19.3 Å². The largest absolute Gasteiger partial charge is 0.363 e. The van der Waals surface area contributed by atoms with Crippen LogP contribution in [0.15, 0.2) is 66.7 Å². The topological polar surface area (TPSA) is 89.8 Å². The van der Waals surface area contributed by atoms with Gasteiger partial charge < -0.3 is 4.84 Å². The SMILES string of the molecule is CN(OC(=O)c1ccc([N+](=O)[O-])cc1)C(=O)Cc1cccc2ccccc12. The number of hydrogen-bond donors (Lipinski definition) is 0. The second-order valence-corrected chi connectivity index (χ2v) is 5.89. The molecule has 0 fully saturated rings. The number of nitrogens with zero attached hydrogens (tertiary/aromatic N) is 2. The third-order valence-electron chi connectivity index (χ3n) is 4.11. The third kappa shape index (κ3) is 4.09. The van der Waals surface area contributed by atoms with E-state index < -0.39 is 10.9 Å². The van der Waals surface area contributed by atoms with Crippen molar-refractivity contribution in [2.24, 2.45) is 0 Å². The maximum Gasteiger partial charge on any atom is 0.363 e.